The van der Waals surface area contributed by atoms with Crippen LogP contribution in [0, 0.1) is 6.92 Å². The zero-order valence-corrected chi connectivity index (χ0v) is 11.2. The minimum Gasteiger partial charge on any atom is -0.496 e. The van der Waals surface area contributed by atoms with Gasteiger partial charge in [0, 0.05) is 5.39 Å². The van der Waals surface area contributed by atoms with Crippen molar-refractivity contribution in [1.29, 1.82) is 0 Å². The highest BCUT2D eigenvalue weighted by atomic mass is 16.5. The van der Waals surface area contributed by atoms with E-state index in [2.05, 4.69) is 61.5 Å². The lowest BCUT2D eigenvalue weighted by atomic mass is 10.00. The van der Waals surface area contributed by atoms with Crippen molar-refractivity contribution >= 4 is 10.8 Å². The van der Waals surface area contributed by atoms with Gasteiger partial charge < -0.3 is 4.74 Å². The third-order valence-corrected chi connectivity index (χ3v) is 3.43. The van der Waals surface area contributed by atoms with E-state index in [1.54, 1.807) is 7.11 Å². The Morgan fingerprint density at radius 2 is 1.53 bits per heavy atom. The normalized spacial score (nSPS) is 10.6. The van der Waals surface area contributed by atoms with Crippen LogP contribution in [0.2, 0.25) is 0 Å². The van der Waals surface area contributed by atoms with Crippen LogP contribution >= 0.6 is 0 Å². The molecule has 19 heavy (non-hydrogen) atoms. The van der Waals surface area contributed by atoms with Crippen molar-refractivity contribution in [1.82, 2.24) is 0 Å². The maximum absolute atomic E-state index is 5.51. The lowest BCUT2D eigenvalue weighted by Crippen LogP contribution is -1.87. The maximum Gasteiger partial charge on any atom is 0.127 e. The molecule has 0 saturated carbocycles. The van der Waals surface area contributed by atoms with Gasteiger partial charge in [0.1, 0.15) is 5.75 Å². The molecule has 0 spiro atoms. The molecule has 0 N–H and O–H groups in total. The molecule has 0 aliphatic heterocycles. The molecule has 3 aromatic carbocycles. The molecule has 0 radical (unpaired) electrons. The molecule has 0 aliphatic carbocycles. The monoisotopic (exact) mass is 248 g/mol. The number of hydrogen-bond acceptors (Lipinski definition) is 1. The fourth-order valence-corrected chi connectivity index (χ4v) is 2.36. The summed E-state index contributed by atoms with van der Waals surface area (Å²) in [6, 6.07) is 21.2. The number of ether oxygens (including phenoxy) is 1. The van der Waals surface area contributed by atoms with E-state index in [-0.39, 0.29) is 0 Å². The molecule has 0 fully saturated rings. The van der Waals surface area contributed by atoms with E-state index in [1.165, 1.54) is 22.1 Å². The largest absolute Gasteiger partial charge is 0.496 e. The van der Waals surface area contributed by atoms with Crippen LogP contribution in [0.4, 0.5) is 0 Å². The van der Waals surface area contributed by atoms with Crippen molar-refractivity contribution in [2.24, 2.45) is 0 Å². The molecule has 0 saturated heterocycles. The molecule has 0 aliphatic rings. The first-order valence-corrected chi connectivity index (χ1v) is 6.42. The van der Waals surface area contributed by atoms with Gasteiger partial charge in [-0.2, -0.15) is 0 Å². The second-order valence-electron chi connectivity index (χ2n) is 4.77. The molecule has 1 nitrogen and oxygen atoms in total. The van der Waals surface area contributed by atoms with E-state index in [4.69, 9.17) is 4.74 Å². The summed E-state index contributed by atoms with van der Waals surface area (Å²) >= 11 is 0. The summed E-state index contributed by atoms with van der Waals surface area (Å²) in [5.41, 5.74) is 3.68. The third kappa shape index (κ3) is 2.19. The third-order valence-electron chi connectivity index (χ3n) is 3.43. The van der Waals surface area contributed by atoms with E-state index in [0.29, 0.717) is 0 Å². The molecular formula is C18H16O. The second-order valence-corrected chi connectivity index (χ2v) is 4.77. The summed E-state index contributed by atoms with van der Waals surface area (Å²) in [7, 11) is 1.72. The average molecular weight is 248 g/mol. The number of hydrogen-bond donors (Lipinski definition) is 0. The van der Waals surface area contributed by atoms with Gasteiger partial charge in [0.05, 0.1) is 7.11 Å². The summed E-state index contributed by atoms with van der Waals surface area (Å²) in [5.74, 6) is 0.925. The van der Waals surface area contributed by atoms with Crippen molar-refractivity contribution in [2.75, 3.05) is 7.11 Å². The molecule has 0 bridgehead atoms. The van der Waals surface area contributed by atoms with Gasteiger partial charge in [0.25, 0.3) is 0 Å². The summed E-state index contributed by atoms with van der Waals surface area (Å²) in [5, 5.41) is 2.36. The van der Waals surface area contributed by atoms with E-state index in [0.717, 1.165) is 11.1 Å². The van der Waals surface area contributed by atoms with Gasteiger partial charge in [0.15, 0.2) is 0 Å². The number of methoxy groups -OCH3 is 1. The lowest BCUT2D eigenvalue weighted by molar-refractivity contribution is 0.420. The van der Waals surface area contributed by atoms with E-state index in [9.17, 15) is 0 Å². The minimum absolute atomic E-state index is 0.925. The van der Waals surface area contributed by atoms with Crippen LogP contribution in [0.3, 0.4) is 0 Å². The van der Waals surface area contributed by atoms with Crippen LogP contribution in [0.25, 0.3) is 21.9 Å². The van der Waals surface area contributed by atoms with Crippen LogP contribution in [0.5, 0.6) is 5.75 Å². The number of rotatable bonds is 2. The first-order valence-electron chi connectivity index (χ1n) is 6.42. The van der Waals surface area contributed by atoms with E-state index < -0.39 is 0 Å². The summed E-state index contributed by atoms with van der Waals surface area (Å²) in [6.07, 6.45) is 0. The quantitative estimate of drug-likeness (QED) is 0.631. The van der Waals surface area contributed by atoms with Gasteiger partial charge in [-0.1, -0.05) is 54.1 Å². The van der Waals surface area contributed by atoms with Crippen molar-refractivity contribution in [2.45, 2.75) is 6.92 Å². The minimum atomic E-state index is 0.925. The van der Waals surface area contributed by atoms with Crippen LogP contribution in [-0.2, 0) is 0 Å². The SMILES string of the molecule is COc1cc(-c2ccc(C)cc2)cc2ccccc12. The Labute approximate surface area is 113 Å². The van der Waals surface area contributed by atoms with Crippen LogP contribution in [0.1, 0.15) is 5.56 Å². The molecule has 1 heteroatoms. The Morgan fingerprint density at radius 1 is 0.789 bits per heavy atom. The summed E-state index contributed by atoms with van der Waals surface area (Å²) in [4.78, 5) is 0. The number of fused-ring (bicyclic) bond motifs is 1. The number of aryl methyl sites for hydroxylation is 1. The predicted molar refractivity (Wildman–Crippen MR) is 80.7 cm³/mol. The van der Waals surface area contributed by atoms with Crippen LogP contribution in [-0.4, -0.2) is 7.11 Å². The van der Waals surface area contributed by atoms with Gasteiger partial charge in [-0.15, -0.1) is 0 Å². The van der Waals surface area contributed by atoms with Crippen molar-refractivity contribution < 1.29 is 4.74 Å². The Morgan fingerprint density at radius 3 is 2.26 bits per heavy atom. The van der Waals surface area contributed by atoms with Gasteiger partial charge >= 0.3 is 0 Å². The smallest absolute Gasteiger partial charge is 0.127 e. The standard InChI is InChI=1S/C18H16O/c1-13-7-9-14(10-8-13)16-11-15-5-3-4-6-17(15)18(12-16)19-2/h3-12H,1-2H3. The van der Waals surface area contributed by atoms with Gasteiger partial charge in [0.2, 0.25) is 0 Å². The summed E-state index contributed by atoms with van der Waals surface area (Å²) in [6.45, 7) is 2.10. The van der Waals surface area contributed by atoms with Gasteiger partial charge in [-0.05, 0) is 35.6 Å². The first-order chi connectivity index (χ1) is 9.28. The van der Waals surface area contributed by atoms with Gasteiger partial charge in [-0.3, -0.25) is 0 Å². The predicted octanol–water partition coefficient (Wildman–Crippen LogP) is 4.82. The average Bonchev–Trinajstić information content (AvgIpc) is 2.47. The molecule has 3 aromatic rings. The fourth-order valence-electron chi connectivity index (χ4n) is 2.36. The van der Waals surface area contributed by atoms with E-state index >= 15 is 0 Å². The van der Waals surface area contributed by atoms with Crippen molar-refractivity contribution in [3.05, 3.63) is 66.2 Å². The highest BCUT2D eigenvalue weighted by molar-refractivity contribution is 5.92. The summed E-state index contributed by atoms with van der Waals surface area (Å²) < 4.78 is 5.51. The molecule has 0 atom stereocenters. The Bertz CT molecular complexity index is 711. The lowest BCUT2D eigenvalue weighted by Gasteiger charge is -2.09. The molecule has 94 valence electrons. The Kier molecular flexibility index (Phi) is 2.96. The Hall–Kier alpha value is -2.28. The van der Waals surface area contributed by atoms with Crippen molar-refractivity contribution in [3.63, 3.8) is 0 Å². The highest BCUT2D eigenvalue weighted by Gasteiger charge is 2.05. The molecule has 0 aromatic heterocycles. The maximum atomic E-state index is 5.51. The first kappa shape index (κ1) is 11.8. The molecule has 0 heterocycles. The van der Waals surface area contributed by atoms with Crippen LogP contribution < -0.4 is 4.74 Å². The Balaban J connectivity index is 2.22. The van der Waals surface area contributed by atoms with Crippen LogP contribution in [0.15, 0.2) is 60.7 Å². The molecule has 0 unspecified atom stereocenters. The molecule has 0 amide bonds. The zero-order chi connectivity index (χ0) is 13.2. The molecule has 3 rings (SSSR count). The number of benzene rings is 3. The topological polar surface area (TPSA) is 9.23 Å². The zero-order valence-electron chi connectivity index (χ0n) is 11.2. The van der Waals surface area contributed by atoms with Gasteiger partial charge in [-0.25, -0.2) is 0 Å². The highest BCUT2D eigenvalue weighted by Crippen LogP contribution is 2.32. The molecular weight excluding hydrogens is 232 g/mol. The fraction of sp³-hybridized carbons (Fsp3) is 0.111. The second kappa shape index (κ2) is 4.77. The van der Waals surface area contributed by atoms with Crippen molar-refractivity contribution in [3.8, 4) is 16.9 Å². The van der Waals surface area contributed by atoms with E-state index in [1.807, 2.05) is 6.07 Å².